The molecule has 156 valence electrons. The lowest BCUT2D eigenvalue weighted by molar-refractivity contribution is -0.143. The minimum Gasteiger partial charge on any atom is -0.497 e. The lowest BCUT2D eigenvalue weighted by Crippen LogP contribution is -2.49. The number of thiophene rings is 1. The van der Waals surface area contributed by atoms with Gasteiger partial charge in [-0.2, -0.15) is 0 Å². The number of rotatable bonds is 7. The van der Waals surface area contributed by atoms with E-state index in [1.54, 1.807) is 23.3 Å². The molecule has 1 aromatic carbocycles. The Kier molecular flexibility index (Phi) is 6.96. The molecule has 0 saturated carbocycles. The summed E-state index contributed by atoms with van der Waals surface area (Å²) >= 11 is 1.75. The fraction of sp³-hybridized carbons (Fsp3) is 0.478. The van der Waals surface area contributed by atoms with Crippen molar-refractivity contribution in [3.05, 3.63) is 51.7 Å². The number of carbonyl (C=O) groups is 2. The zero-order chi connectivity index (χ0) is 21.0. The van der Waals surface area contributed by atoms with Gasteiger partial charge in [0.25, 0.3) is 0 Å². The molecule has 1 aromatic heterocycles. The van der Waals surface area contributed by atoms with Crippen LogP contribution in [0.1, 0.15) is 55.7 Å². The molecule has 1 aliphatic heterocycles. The van der Waals surface area contributed by atoms with E-state index < -0.39 is 0 Å². The highest BCUT2D eigenvalue weighted by Gasteiger charge is 2.34. The third kappa shape index (κ3) is 4.47. The smallest absolute Gasteiger partial charge is 0.243 e. The van der Waals surface area contributed by atoms with Crippen molar-refractivity contribution >= 4 is 23.2 Å². The first-order chi connectivity index (χ1) is 14.0. The predicted octanol–water partition coefficient (Wildman–Crippen LogP) is 4.27. The number of amides is 2. The van der Waals surface area contributed by atoms with Gasteiger partial charge in [-0.15, -0.1) is 11.3 Å². The maximum atomic E-state index is 13.4. The number of fused-ring (bicyclic) bond motifs is 1. The van der Waals surface area contributed by atoms with Crippen molar-refractivity contribution in [1.82, 2.24) is 9.80 Å². The van der Waals surface area contributed by atoms with Crippen LogP contribution in [0.5, 0.6) is 5.75 Å². The number of methoxy groups -OCH3 is 1. The molecule has 0 unspecified atom stereocenters. The van der Waals surface area contributed by atoms with Gasteiger partial charge in [0, 0.05) is 23.9 Å². The monoisotopic (exact) mass is 414 g/mol. The van der Waals surface area contributed by atoms with Crippen molar-refractivity contribution in [2.45, 2.75) is 52.1 Å². The molecule has 0 radical (unpaired) electrons. The number of nitrogens with zero attached hydrogens (tertiary/aromatic N) is 2. The molecule has 29 heavy (non-hydrogen) atoms. The van der Waals surface area contributed by atoms with Crippen LogP contribution in [0.4, 0.5) is 0 Å². The number of hydrogen-bond donors (Lipinski definition) is 0. The molecule has 0 saturated heterocycles. The molecule has 2 aromatic rings. The lowest BCUT2D eigenvalue weighted by atomic mass is 9.93. The summed E-state index contributed by atoms with van der Waals surface area (Å²) in [7, 11) is 1.65. The molecule has 3 rings (SSSR count). The lowest BCUT2D eigenvalue weighted by Gasteiger charge is -2.38. The Morgan fingerprint density at radius 1 is 1.24 bits per heavy atom. The van der Waals surface area contributed by atoms with Gasteiger partial charge < -0.3 is 14.5 Å². The van der Waals surface area contributed by atoms with E-state index in [9.17, 15) is 9.59 Å². The van der Waals surface area contributed by atoms with E-state index in [2.05, 4.69) is 11.4 Å². The molecule has 2 atom stereocenters. The number of carbonyl (C=O) groups excluding carboxylic acids is 2. The van der Waals surface area contributed by atoms with Crippen molar-refractivity contribution in [3.8, 4) is 5.75 Å². The van der Waals surface area contributed by atoms with Gasteiger partial charge in [0.2, 0.25) is 11.8 Å². The summed E-state index contributed by atoms with van der Waals surface area (Å²) in [5.41, 5.74) is 2.26. The molecule has 0 aliphatic carbocycles. The van der Waals surface area contributed by atoms with Crippen LogP contribution < -0.4 is 4.74 Å². The highest BCUT2D eigenvalue weighted by atomic mass is 32.1. The van der Waals surface area contributed by atoms with Crippen LogP contribution in [0.25, 0.3) is 0 Å². The van der Waals surface area contributed by atoms with Crippen LogP contribution >= 0.6 is 11.3 Å². The quantitative estimate of drug-likeness (QED) is 0.680. The van der Waals surface area contributed by atoms with Gasteiger partial charge in [-0.25, -0.2) is 0 Å². The first kappa shape index (κ1) is 21.4. The van der Waals surface area contributed by atoms with Gasteiger partial charge in [-0.3, -0.25) is 9.59 Å². The highest BCUT2D eigenvalue weighted by Crippen LogP contribution is 2.38. The van der Waals surface area contributed by atoms with E-state index in [0.717, 1.165) is 24.2 Å². The topological polar surface area (TPSA) is 49.9 Å². The molecule has 2 amide bonds. The summed E-state index contributed by atoms with van der Waals surface area (Å²) in [5, 5.41) is 2.10. The molecule has 2 heterocycles. The van der Waals surface area contributed by atoms with Crippen LogP contribution in [0.3, 0.4) is 0 Å². The van der Waals surface area contributed by atoms with Crippen LogP contribution in [0, 0.1) is 0 Å². The molecule has 0 fully saturated rings. The largest absolute Gasteiger partial charge is 0.497 e. The van der Waals surface area contributed by atoms with Crippen LogP contribution in [-0.2, 0) is 16.0 Å². The van der Waals surface area contributed by atoms with Crippen LogP contribution in [-0.4, -0.2) is 47.9 Å². The van der Waals surface area contributed by atoms with Crippen molar-refractivity contribution < 1.29 is 14.3 Å². The highest BCUT2D eigenvalue weighted by molar-refractivity contribution is 7.10. The maximum Gasteiger partial charge on any atom is 0.243 e. The average Bonchev–Trinajstić information content (AvgIpc) is 3.24. The summed E-state index contributed by atoms with van der Waals surface area (Å²) in [6.07, 6.45) is 2.10. The molecular weight excluding hydrogens is 384 g/mol. The Hall–Kier alpha value is -2.34. The van der Waals surface area contributed by atoms with E-state index in [-0.39, 0.29) is 30.4 Å². The van der Waals surface area contributed by atoms with E-state index >= 15 is 0 Å². The van der Waals surface area contributed by atoms with Gasteiger partial charge in [0.05, 0.1) is 13.2 Å². The maximum absolute atomic E-state index is 13.4. The summed E-state index contributed by atoms with van der Waals surface area (Å²) in [4.78, 5) is 30.9. The Morgan fingerprint density at radius 3 is 2.59 bits per heavy atom. The summed E-state index contributed by atoms with van der Waals surface area (Å²) in [6.45, 7) is 6.70. The zero-order valence-corrected chi connectivity index (χ0v) is 18.5. The first-order valence-corrected chi connectivity index (χ1v) is 11.2. The molecule has 0 bridgehead atoms. The standard InChI is InChI=1S/C23H30N2O3S/c1-5-16(3)25(21(26)6-2)15-22(27)24-13-11-20-19(12-14-29-20)23(24)17-7-9-18(28-4)10-8-17/h7-10,12,14,16,23H,5-6,11,13,15H2,1-4H3/t16-,23+/m0/s1. The Balaban J connectivity index is 1.91. The number of benzene rings is 1. The summed E-state index contributed by atoms with van der Waals surface area (Å²) < 4.78 is 5.29. The van der Waals surface area contributed by atoms with Gasteiger partial charge in [-0.05, 0) is 54.5 Å². The molecule has 5 nitrogen and oxygen atoms in total. The average molecular weight is 415 g/mol. The van der Waals surface area contributed by atoms with E-state index in [1.165, 1.54) is 10.4 Å². The normalized spacial score (nSPS) is 16.8. The second kappa shape index (κ2) is 9.44. The van der Waals surface area contributed by atoms with Crippen molar-refractivity contribution in [2.24, 2.45) is 0 Å². The fourth-order valence-electron chi connectivity index (χ4n) is 3.88. The minimum atomic E-state index is -0.126. The van der Waals surface area contributed by atoms with E-state index in [4.69, 9.17) is 4.74 Å². The minimum absolute atomic E-state index is 0.00441. The van der Waals surface area contributed by atoms with Gasteiger partial charge >= 0.3 is 0 Å². The molecule has 6 heteroatoms. The first-order valence-electron chi connectivity index (χ1n) is 10.3. The molecule has 0 spiro atoms. The third-order valence-corrected chi connectivity index (χ3v) is 6.77. The summed E-state index contributed by atoms with van der Waals surface area (Å²) in [6, 6.07) is 9.97. The molecular formula is C23H30N2O3S. The zero-order valence-electron chi connectivity index (χ0n) is 17.7. The number of hydrogen-bond acceptors (Lipinski definition) is 4. The van der Waals surface area contributed by atoms with Crippen LogP contribution in [0.2, 0.25) is 0 Å². The second-order valence-corrected chi connectivity index (χ2v) is 8.45. The van der Waals surface area contributed by atoms with E-state index in [1.807, 2.05) is 49.9 Å². The van der Waals surface area contributed by atoms with Crippen molar-refractivity contribution in [2.75, 3.05) is 20.2 Å². The molecule has 0 N–H and O–H groups in total. The van der Waals surface area contributed by atoms with Gasteiger partial charge in [0.15, 0.2) is 0 Å². The molecule has 1 aliphatic rings. The fourth-order valence-corrected chi connectivity index (χ4v) is 4.78. The van der Waals surface area contributed by atoms with Crippen molar-refractivity contribution in [1.29, 1.82) is 0 Å². The summed E-state index contributed by atoms with van der Waals surface area (Å²) in [5.74, 6) is 0.830. The second-order valence-electron chi connectivity index (χ2n) is 7.44. The third-order valence-electron chi connectivity index (χ3n) is 5.77. The van der Waals surface area contributed by atoms with Gasteiger partial charge in [-0.1, -0.05) is 26.0 Å². The Bertz CT molecular complexity index is 846. The Labute approximate surface area is 177 Å². The number of ether oxygens (including phenoxy) is 1. The van der Waals surface area contributed by atoms with Crippen molar-refractivity contribution in [3.63, 3.8) is 0 Å². The SMILES string of the molecule is CCC(=O)N(CC(=O)N1CCc2sccc2[C@H]1c1ccc(OC)cc1)[C@@H](C)CC. The van der Waals surface area contributed by atoms with Gasteiger partial charge in [0.1, 0.15) is 12.3 Å². The van der Waals surface area contributed by atoms with Crippen LogP contribution in [0.15, 0.2) is 35.7 Å². The Morgan fingerprint density at radius 2 is 1.97 bits per heavy atom. The predicted molar refractivity (Wildman–Crippen MR) is 116 cm³/mol. The van der Waals surface area contributed by atoms with E-state index in [0.29, 0.717) is 13.0 Å².